The molecule has 0 aliphatic carbocycles. The van der Waals surface area contributed by atoms with Crippen molar-refractivity contribution in [2.75, 3.05) is 39.4 Å². The molecule has 10 heteroatoms. The second-order valence-electron chi connectivity index (χ2n) is 8.10. The third kappa shape index (κ3) is 6.08. The number of hydrogen-bond acceptors (Lipinski definition) is 8. The van der Waals surface area contributed by atoms with Crippen LogP contribution in [-0.2, 0) is 0 Å². The van der Waals surface area contributed by atoms with Crippen LogP contribution in [0.4, 0.5) is 0 Å². The van der Waals surface area contributed by atoms with Crippen molar-refractivity contribution in [3.8, 4) is 11.5 Å². The maximum atomic E-state index is 11.7. The largest absolute Gasteiger partial charge is 0.493 e. The molecule has 2 aromatic carbocycles. The van der Waals surface area contributed by atoms with Crippen LogP contribution >= 0.6 is 0 Å². The zero-order valence-corrected chi connectivity index (χ0v) is 19.2. The number of benzene rings is 2. The normalized spacial score (nSPS) is 14.5. The number of ether oxygens (including phenoxy) is 2. The lowest BCUT2D eigenvalue weighted by molar-refractivity contribution is 0.0681. The summed E-state index contributed by atoms with van der Waals surface area (Å²) in [5.74, 6) is -0.0607. The Bertz CT molecular complexity index is 1070. The molecular weight excluding hydrogens is 452 g/mol. The van der Waals surface area contributed by atoms with E-state index in [1.807, 2.05) is 0 Å². The van der Waals surface area contributed by atoms with Crippen molar-refractivity contribution in [2.45, 2.75) is 19.3 Å². The van der Waals surface area contributed by atoms with E-state index in [1.165, 1.54) is 0 Å². The first kappa shape index (κ1) is 24.1. The fourth-order valence-electron chi connectivity index (χ4n) is 3.87. The minimum Gasteiger partial charge on any atom is -0.493 e. The van der Waals surface area contributed by atoms with Crippen LogP contribution in [0.3, 0.4) is 0 Å². The summed E-state index contributed by atoms with van der Waals surface area (Å²) in [5.41, 5.74) is 1.66. The Kier molecular flexibility index (Phi) is 7.81. The standard InChI is InChI=1S/C25H28N4O6/c30-24(31)18-14-16(22-26-8-9-27-22)4-6-20(18)34-12-2-1-3-13-35-21-7-5-17(15-19(21)25(32)33)23-28-10-11-29-23/h4-7,14-15H,1-3,8-13H2,(H,26,27)(H,28,29)(H,30,31)(H,32,33). The van der Waals surface area contributed by atoms with Gasteiger partial charge in [-0.25, -0.2) is 9.59 Å². The first-order valence-corrected chi connectivity index (χ1v) is 11.6. The van der Waals surface area contributed by atoms with E-state index in [9.17, 15) is 19.8 Å². The van der Waals surface area contributed by atoms with Crippen LogP contribution in [-0.4, -0.2) is 73.2 Å². The second-order valence-corrected chi connectivity index (χ2v) is 8.10. The summed E-state index contributed by atoms with van der Waals surface area (Å²) in [4.78, 5) is 32.0. The van der Waals surface area contributed by atoms with Crippen LogP contribution in [0.5, 0.6) is 11.5 Å². The van der Waals surface area contributed by atoms with E-state index in [-0.39, 0.29) is 11.1 Å². The van der Waals surface area contributed by atoms with E-state index in [2.05, 4.69) is 20.6 Å². The van der Waals surface area contributed by atoms with Gasteiger partial charge in [-0.1, -0.05) is 0 Å². The molecule has 0 saturated carbocycles. The highest BCUT2D eigenvalue weighted by Gasteiger charge is 2.17. The topological polar surface area (TPSA) is 142 Å². The molecule has 0 unspecified atom stereocenters. The number of carboxylic acid groups (broad SMARTS) is 2. The Balaban J connectivity index is 1.23. The van der Waals surface area contributed by atoms with Crippen molar-refractivity contribution in [1.29, 1.82) is 0 Å². The van der Waals surface area contributed by atoms with Crippen LogP contribution < -0.4 is 20.1 Å². The number of nitrogens with zero attached hydrogens (tertiary/aromatic N) is 2. The molecule has 4 N–H and O–H groups in total. The molecule has 35 heavy (non-hydrogen) atoms. The van der Waals surface area contributed by atoms with Gasteiger partial charge < -0.3 is 30.3 Å². The van der Waals surface area contributed by atoms with Crippen molar-refractivity contribution >= 4 is 23.6 Å². The Morgan fingerprint density at radius 2 is 1.20 bits per heavy atom. The Labute approximate surface area is 202 Å². The summed E-state index contributed by atoms with van der Waals surface area (Å²) in [6.07, 6.45) is 2.19. The molecule has 0 bridgehead atoms. The molecule has 2 heterocycles. The number of hydrogen-bond donors (Lipinski definition) is 4. The number of aliphatic imine (C=N–C) groups is 2. The van der Waals surface area contributed by atoms with Crippen molar-refractivity contribution < 1.29 is 29.3 Å². The van der Waals surface area contributed by atoms with Crippen LogP contribution in [0.25, 0.3) is 0 Å². The monoisotopic (exact) mass is 480 g/mol. The summed E-state index contributed by atoms with van der Waals surface area (Å²) in [6.45, 7) is 3.57. The van der Waals surface area contributed by atoms with Crippen LogP contribution in [0.1, 0.15) is 51.1 Å². The van der Waals surface area contributed by atoms with Gasteiger partial charge >= 0.3 is 11.9 Å². The quantitative estimate of drug-likeness (QED) is 0.339. The summed E-state index contributed by atoms with van der Waals surface area (Å²) < 4.78 is 11.4. The van der Waals surface area contributed by atoms with E-state index >= 15 is 0 Å². The number of aromatic carboxylic acids is 2. The molecule has 2 aliphatic heterocycles. The van der Waals surface area contributed by atoms with Gasteiger partial charge in [0, 0.05) is 24.2 Å². The van der Waals surface area contributed by atoms with E-state index in [0.29, 0.717) is 62.3 Å². The van der Waals surface area contributed by atoms with Crippen molar-refractivity contribution in [3.63, 3.8) is 0 Å². The fourth-order valence-corrected chi connectivity index (χ4v) is 3.87. The first-order valence-electron chi connectivity index (χ1n) is 11.6. The molecule has 0 saturated heterocycles. The van der Waals surface area contributed by atoms with Crippen molar-refractivity contribution in [3.05, 3.63) is 58.7 Å². The van der Waals surface area contributed by atoms with Gasteiger partial charge in [0.2, 0.25) is 0 Å². The van der Waals surface area contributed by atoms with Gasteiger partial charge in [0.25, 0.3) is 0 Å². The van der Waals surface area contributed by atoms with Gasteiger partial charge in [-0.15, -0.1) is 0 Å². The number of carbonyl (C=O) groups is 2. The third-order valence-electron chi connectivity index (χ3n) is 5.62. The first-order chi connectivity index (χ1) is 17.0. The van der Waals surface area contributed by atoms with Crippen LogP contribution in [0.2, 0.25) is 0 Å². The molecule has 0 aromatic heterocycles. The van der Waals surface area contributed by atoms with E-state index < -0.39 is 11.9 Å². The number of nitrogens with one attached hydrogen (secondary N) is 2. The fraction of sp³-hybridized carbons (Fsp3) is 0.360. The predicted octanol–water partition coefficient (Wildman–Crippen LogP) is 2.41. The highest BCUT2D eigenvalue weighted by Crippen LogP contribution is 2.23. The number of carboxylic acids is 2. The van der Waals surface area contributed by atoms with Crippen molar-refractivity contribution in [2.24, 2.45) is 9.98 Å². The lowest BCUT2D eigenvalue weighted by Crippen LogP contribution is -2.20. The van der Waals surface area contributed by atoms with Gasteiger partial charge in [-0.05, 0) is 55.7 Å². The van der Waals surface area contributed by atoms with Gasteiger partial charge in [-0.2, -0.15) is 0 Å². The van der Waals surface area contributed by atoms with Gasteiger partial charge in [0.1, 0.15) is 34.3 Å². The molecule has 0 amide bonds. The highest BCUT2D eigenvalue weighted by atomic mass is 16.5. The molecular formula is C25H28N4O6. The van der Waals surface area contributed by atoms with Crippen LogP contribution in [0.15, 0.2) is 46.4 Å². The summed E-state index contributed by atoms with van der Waals surface area (Å²) >= 11 is 0. The number of amidine groups is 2. The lowest BCUT2D eigenvalue weighted by atomic mass is 10.1. The zero-order chi connectivity index (χ0) is 24.6. The van der Waals surface area contributed by atoms with E-state index in [1.54, 1.807) is 36.4 Å². The highest BCUT2D eigenvalue weighted by molar-refractivity contribution is 6.03. The smallest absolute Gasteiger partial charge is 0.339 e. The minimum atomic E-state index is -1.05. The van der Waals surface area contributed by atoms with E-state index in [0.717, 1.165) is 30.6 Å². The molecule has 0 fully saturated rings. The maximum Gasteiger partial charge on any atom is 0.339 e. The number of unbranched alkanes of at least 4 members (excludes halogenated alkanes) is 2. The molecule has 2 aromatic rings. The summed E-state index contributed by atoms with van der Waals surface area (Å²) in [5, 5.41) is 25.4. The summed E-state index contributed by atoms with van der Waals surface area (Å²) in [7, 11) is 0. The molecule has 10 nitrogen and oxygen atoms in total. The average Bonchev–Trinajstić information content (AvgIpc) is 3.58. The zero-order valence-electron chi connectivity index (χ0n) is 19.2. The Morgan fingerprint density at radius 3 is 1.57 bits per heavy atom. The average molecular weight is 481 g/mol. The Hall–Kier alpha value is -4.08. The van der Waals surface area contributed by atoms with Gasteiger partial charge in [0.05, 0.1) is 26.3 Å². The van der Waals surface area contributed by atoms with Gasteiger partial charge in [0.15, 0.2) is 0 Å². The lowest BCUT2D eigenvalue weighted by Gasteiger charge is -2.12. The third-order valence-corrected chi connectivity index (χ3v) is 5.62. The van der Waals surface area contributed by atoms with Gasteiger partial charge in [-0.3, -0.25) is 9.98 Å². The van der Waals surface area contributed by atoms with E-state index in [4.69, 9.17) is 9.47 Å². The summed E-state index contributed by atoms with van der Waals surface area (Å²) in [6, 6.07) is 10.1. The van der Waals surface area contributed by atoms with Crippen molar-refractivity contribution in [1.82, 2.24) is 10.6 Å². The second kappa shape index (κ2) is 11.4. The molecule has 0 atom stereocenters. The molecule has 0 spiro atoms. The van der Waals surface area contributed by atoms with Crippen LogP contribution in [0, 0.1) is 0 Å². The molecule has 184 valence electrons. The predicted molar refractivity (Wildman–Crippen MR) is 130 cm³/mol. The number of rotatable bonds is 12. The maximum absolute atomic E-state index is 11.7. The molecule has 4 rings (SSSR count). The SMILES string of the molecule is O=C(O)c1cc(C2=NCCN2)ccc1OCCCCCOc1ccc(C2=NCCN2)cc1C(=O)O. The minimum absolute atomic E-state index is 0.102. The molecule has 0 radical (unpaired) electrons. The Morgan fingerprint density at radius 1 is 0.743 bits per heavy atom. The molecule has 2 aliphatic rings.